The quantitative estimate of drug-likeness (QED) is 0.133. The summed E-state index contributed by atoms with van der Waals surface area (Å²) in [5, 5.41) is 48.7. The lowest BCUT2D eigenvalue weighted by atomic mass is 9.92. The number of hydrogen-bond donors (Lipinski definition) is 0. The molecule has 0 nitrogen and oxygen atoms in total. The molecule has 0 radical (unpaired) electrons. The van der Waals surface area contributed by atoms with Gasteiger partial charge in [-0.25, -0.2) is 0 Å². The summed E-state index contributed by atoms with van der Waals surface area (Å²) in [6.07, 6.45) is 0. The minimum absolute atomic E-state index is 1.31. The molecule has 0 aliphatic carbocycles. The van der Waals surface area contributed by atoms with E-state index in [0.29, 0.717) is 0 Å². The van der Waals surface area contributed by atoms with Gasteiger partial charge in [0.25, 0.3) is 0 Å². The van der Waals surface area contributed by atoms with Crippen LogP contribution >= 0.6 is 0 Å². The largest absolute Gasteiger partial charge is 0.0616 e. The summed E-state index contributed by atoms with van der Waals surface area (Å²) in [7, 11) is 0. The number of fused-ring (bicyclic) bond motifs is 15. The lowest BCUT2D eigenvalue weighted by Gasteiger charge is -2.12. The molecule has 0 aromatic heterocycles. The van der Waals surface area contributed by atoms with Crippen LogP contribution in [0.2, 0.25) is 0 Å². The van der Waals surface area contributed by atoms with Crippen molar-refractivity contribution in [2.24, 2.45) is 0 Å². The fraction of sp³-hybridized carbons (Fsp3) is 0.0556. The zero-order valence-electron chi connectivity index (χ0n) is 61.6. The average molecular weight is 1380 g/mol. The second kappa shape index (κ2) is 27.0. The number of aryl methyl sites for hydroxylation is 6. The normalized spacial score (nSPS) is 11.6. The molecule has 0 aliphatic rings. The summed E-state index contributed by atoms with van der Waals surface area (Å²) in [6, 6.07) is 132. The molecule has 0 N–H and O–H groups in total. The summed E-state index contributed by atoms with van der Waals surface area (Å²) in [4.78, 5) is 0. The summed E-state index contributed by atoms with van der Waals surface area (Å²) in [5.74, 6) is 0. The van der Waals surface area contributed by atoms with Crippen LogP contribution in [0.4, 0.5) is 0 Å². The molecule has 0 spiro atoms. The van der Waals surface area contributed by atoms with Gasteiger partial charge in [-0.05, 0) is 258 Å². The third-order valence-electron chi connectivity index (χ3n) is 22.8. The third kappa shape index (κ3) is 11.6. The Hall–Kier alpha value is -13.3. The molecule has 0 bridgehead atoms. The van der Waals surface area contributed by atoms with Gasteiger partial charge < -0.3 is 0 Å². The predicted octanol–water partition coefficient (Wildman–Crippen LogP) is 31.0. The highest BCUT2D eigenvalue weighted by atomic mass is 14.2. The minimum Gasteiger partial charge on any atom is -0.0616 e. The van der Waals surface area contributed by atoms with E-state index in [4.69, 9.17) is 0 Å². The van der Waals surface area contributed by atoms with Gasteiger partial charge in [-0.2, -0.15) is 0 Å². The Morgan fingerprint density at radius 1 is 0.111 bits per heavy atom. The van der Waals surface area contributed by atoms with Gasteiger partial charge in [-0.3, -0.25) is 0 Å². The van der Waals surface area contributed by atoms with Crippen LogP contribution in [0.15, 0.2) is 364 Å². The molecule has 0 heterocycles. The number of rotatable bonds is 0. The Morgan fingerprint density at radius 2 is 0.380 bits per heavy atom. The van der Waals surface area contributed by atoms with Crippen LogP contribution in [0.1, 0.15) is 33.4 Å². The van der Waals surface area contributed by atoms with E-state index in [0.717, 1.165) is 0 Å². The van der Waals surface area contributed by atoms with E-state index in [-0.39, 0.29) is 0 Å². The van der Waals surface area contributed by atoms with Crippen molar-refractivity contribution in [2.45, 2.75) is 41.5 Å². The summed E-state index contributed by atoms with van der Waals surface area (Å²) >= 11 is 0. The van der Waals surface area contributed by atoms with E-state index < -0.39 is 0 Å². The fourth-order valence-corrected chi connectivity index (χ4v) is 17.7. The third-order valence-corrected chi connectivity index (χ3v) is 22.8. The van der Waals surface area contributed by atoms with Crippen LogP contribution in [0.25, 0.3) is 194 Å². The predicted molar refractivity (Wildman–Crippen MR) is 476 cm³/mol. The van der Waals surface area contributed by atoms with Crippen molar-refractivity contribution in [2.75, 3.05) is 0 Å². The molecule has 24 aromatic rings. The molecule has 0 atom stereocenters. The summed E-state index contributed by atoms with van der Waals surface area (Å²) in [6.45, 7) is 13.0. The Bertz CT molecular complexity index is 7480. The molecule has 0 heteroatoms. The van der Waals surface area contributed by atoms with Crippen LogP contribution in [0, 0.1) is 41.5 Å². The van der Waals surface area contributed by atoms with Crippen LogP contribution in [0.5, 0.6) is 0 Å². The molecule has 0 aliphatic heterocycles. The summed E-state index contributed by atoms with van der Waals surface area (Å²) < 4.78 is 0. The Balaban J connectivity index is 0.0000000883. The molecule has 0 saturated heterocycles. The first-order valence-corrected chi connectivity index (χ1v) is 37.8. The van der Waals surface area contributed by atoms with Crippen LogP contribution in [-0.4, -0.2) is 0 Å². The Morgan fingerprint density at radius 3 is 0.926 bits per heavy atom. The monoisotopic (exact) mass is 1370 g/mol. The van der Waals surface area contributed by atoms with Crippen LogP contribution in [-0.2, 0) is 0 Å². The van der Waals surface area contributed by atoms with Gasteiger partial charge in [0.2, 0.25) is 0 Å². The van der Waals surface area contributed by atoms with Crippen LogP contribution in [0.3, 0.4) is 0 Å². The zero-order valence-corrected chi connectivity index (χ0v) is 61.6. The maximum atomic E-state index is 2.30. The maximum absolute atomic E-state index is 2.30. The lowest BCUT2D eigenvalue weighted by molar-refractivity contribution is 1.51. The van der Waals surface area contributed by atoms with Gasteiger partial charge in [0.15, 0.2) is 0 Å². The average Bonchev–Trinajstić information content (AvgIpc) is 0.761. The molecule has 0 fully saturated rings. The van der Waals surface area contributed by atoms with Gasteiger partial charge in [0.1, 0.15) is 0 Å². The van der Waals surface area contributed by atoms with Gasteiger partial charge in [-0.1, -0.05) is 375 Å². The van der Waals surface area contributed by atoms with E-state index in [9.17, 15) is 0 Å². The van der Waals surface area contributed by atoms with Crippen molar-refractivity contribution < 1.29 is 0 Å². The van der Waals surface area contributed by atoms with Gasteiger partial charge in [0.05, 0.1) is 0 Å². The molecular formula is C108H78. The molecule has 0 saturated carbocycles. The molecular weight excluding hydrogens is 1300 g/mol. The van der Waals surface area contributed by atoms with Crippen molar-refractivity contribution in [3.63, 3.8) is 0 Å². The minimum atomic E-state index is 1.31. The first-order chi connectivity index (χ1) is 53.0. The van der Waals surface area contributed by atoms with Crippen molar-refractivity contribution in [3.8, 4) is 0 Å². The molecule has 0 amide bonds. The first-order valence-electron chi connectivity index (χ1n) is 37.8. The zero-order chi connectivity index (χ0) is 72.7. The smallest absolute Gasteiger partial charge is 0.00241 e. The second-order valence-electron chi connectivity index (χ2n) is 29.7. The highest BCUT2D eigenvalue weighted by molar-refractivity contribution is 6.27. The Labute approximate surface area is 628 Å². The maximum Gasteiger partial charge on any atom is -0.00241 e. The van der Waals surface area contributed by atoms with Gasteiger partial charge in [-0.15, -0.1) is 0 Å². The fourth-order valence-electron chi connectivity index (χ4n) is 17.7. The highest BCUT2D eigenvalue weighted by Gasteiger charge is 2.14. The number of benzene rings is 24. The first kappa shape index (κ1) is 65.5. The van der Waals surface area contributed by atoms with Crippen molar-refractivity contribution in [1.29, 1.82) is 0 Å². The molecule has 510 valence electrons. The summed E-state index contributed by atoms with van der Waals surface area (Å²) in [5.41, 5.74) is 8.02. The van der Waals surface area contributed by atoms with E-state index in [1.54, 1.807) is 0 Å². The number of hydrogen-bond acceptors (Lipinski definition) is 0. The van der Waals surface area contributed by atoms with E-state index in [2.05, 4.69) is 406 Å². The second-order valence-corrected chi connectivity index (χ2v) is 29.7. The SMILES string of the molecule is Cc1cc2ccc3cccc4ccc(c1)c2c34.Cc1cc2cccc3ccc4cccc1c4c32.Cc1ccc2c(ccc3c4ccccc4ccc23)c1.Cc1ccc2ccc3c4ccccc4ccc3c2c1.Cc1ccc2ccc3cccc4ccc1c2c34.Cc1cccc2ccc3c4ccccc4ccc3c12. The standard InChI is InChI=1S/3C19H14.3C17H12/c1-13-5-4-7-15-10-11-17-16-8-3-2-6-14(16)9-12-18(17)19(13)15;1-13-6-9-17-15(12-13)8-11-18-16-5-3-2-4-14(16)7-10-19(17)18;1-13-6-7-15-9-10-17-16-5-3-2-4-14(16)8-11-18(17)19(15)12-13;1-11-10-14-6-2-4-12-8-9-13-5-3-7-15(11)17(13)16(12)14;1-11-9-14-7-5-12-3-2-4-13-6-8-15(10-11)17(14)16(12)13;1-11-5-6-14-8-7-12-3-2-4-13-9-10-15(11)17(14)16(12)13/h3*2-12H,1H3;3*2-10H,1H3. The molecule has 0 unspecified atom stereocenters. The van der Waals surface area contributed by atoms with E-state index >= 15 is 0 Å². The topological polar surface area (TPSA) is 0 Å². The Kier molecular flexibility index (Phi) is 16.4. The lowest BCUT2D eigenvalue weighted by Crippen LogP contribution is -1.85. The highest BCUT2D eigenvalue weighted by Crippen LogP contribution is 2.41. The van der Waals surface area contributed by atoms with Crippen LogP contribution < -0.4 is 0 Å². The van der Waals surface area contributed by atoms with Crippen molar-refractivity contribution in [1.82, 2.24) is 0 Å². The van der Waals surface area contributed by atoms with Crippen molar-refractivity contribution in [3.05, 3.63) is 397 Å². The van der Waals surface area contributed by atoms with Gasteiger partial charge >= 0.3 is 0 Å². The molecule has 24 rings (SSSR count). The van der Waals surface area contributed by atoms with E-state index in [1.165, 1.54) is 227 Å². The molecule has 108 heavy (non-hydrogen) atoms. The van der Waals surface area contributed by atoms with E-state index in [1.807, 2.05) is 0 Å². The van der Waals surface area contributed by atoms with Gasteiger partial charge in [0, 0.05) is 0 Å². The molecule has 24 aromatic carbocycles. The van der Waals surface area contributed by atoms with Crippen molar-refractivity contribution >= 4 is 194 Å².